The first-order chi connectivity index (χ1) is 19.0. The van der Waals surface area contributed by atoms with Crippen molar-refractivity contribution in [3.8, 4) is 17.0 Å². The number of aromatic nitrogens is 1. The number of hydroxylamine groups is 1. The molecule has 2 aromatic carbocycles. The zero-order valence-corrected chi connectivity index (χ0v) is 22.4. The second kappa shape index (κ2) is 11.4. The summed E-state index contributed by atoms with van der Waals surface area (Å²) in [4.78, 5) is 30.1. The largest absolute Gasteiger partial charge is 0.494 e. The molecular formula is C29H29F3N4O4. The lowest BCUT2D eigenvalue weighted by Crippen LogP contribution is -2.32. The SMILES string of the molecule is COc1cc(F)c(C(=O)N/C(C)=C(\NO)C(=O)Nc2cccc(C(F)(F)C3CC3)c2)nc1-c1c(C)cccc1C. The van der Waals surface area contributed by atoms with Crippen molar-refractivity contribution in [2.24, 2.45) is 5.92 Å². The fourth-order valence-electron chi connectivity index (χ4n) is 4.43. The van der Waals surface area contributed by atoms with Gasteiger partial charge in [0.05, 0.1) is 7.11 Å². The molecule has 1 heterocycles. The molecular weight excluding hydrogens is 525 g/mol. The number of ether oxygens (including phenoxy) is 1. The van der Waals surface area contributed by atoms with Crippen LogP contribution in [0.3, 0.4) is 0 Å². The quantitative estimate of drug-likeness (QED) is 0.203. The van der Waals surface area contributed by atoms with E-state index in [1.54, 1.807) is 5.48 Å². The molecule has 1 fully saturated rings. The number of aryl methyl sites for hydroxylation is 2. The van der Waals surface area contributed by atoms with E-state index in [2.05, 4.69) is 15.6 Å². The number of methoxy groups -OCH3 is 1. The smallest absolute Gasteiger partial charge is 0.277 e. The highest BCUT2D eigenvalue weighted by molar-refractivity contribution is 6.04. The van der Waals surface area contributed by atoms with Gasteiger partial charge in [0.25, 0.3) is 17.7 Å². The van der Waals surface area contributed by atoms with E-state index in [0.29, 0.717) is 18.4 Å². The molecule has 2 amide bonds. The number of anilines is 1. The summed E-state index contributed by atoms with van der Waals surface area (Å²) in [6, 6.07) is 11.8. The number of hydrogen-bond donors (Lipinski definition) is 4. The highest BCUT2D eigenvalue weighted by Crippen LogP contribution is 2.49. The maximum absolute atomic E-state index is 14.9. The van der Waals surface area contributed by atoms with Crippen LogP contribution in [0.2, 0.25) is 0 Å². The average molecular weight is 555 g/mol. The molecule has 4 rings (SSSR count). The van der Waals surface area contributed by atoms with E-state index >= 15 is 0 Å². The third-order valence-electron chi connectivity index (χ3n) is 6.70. The van der Waals surface area contributed by atoms with Gasteiger partial charge in [-0.1, -0.05) is 30.3 Å². The molecule has 8 nitrogen and oxygen atoms in total. The number of nitrogens with zero attached hydrogens (tertiary/aromatic N) is 1. The molecule has 40 heavy (non-hydrogen) atoms. The lowest BCUT2D eigenvalue weighted by Gasteiger charge is -2.18. The summed E-state index contributed by atoms with van der Waals surface area (Å²) >= 11 is 0. The predicted molar refractivity (Wildman–Crippen MR) is 142 cm³/mol. The van der Waals surface area contributed by atoms with Crippen molar-refractivity contribution in [2.45, 2.75) is 39.5 Å². The number of nitrogens with one attached hydrogen (secondary N) is 3. The number of alkyl halides is 2. The van der Waals surface area contributed by atoms with E-state index in [0.717, 1.165) is 23.3 Å². The van der Waals surface area contributed by atoms with E-state index in [4.69, 9.17) is 4.74 Å². The Labute approximate surface area is 229 Å². The minimum Gasteiger partial charge on any atom is -0.494 e. The second-order valence-corrected chi connectivity index (χ2v) is 9.63. The highest BCUT2D eigenvalue weighted by atomic mass is 19.3. The molecule has 0 unspecified atom stereocenters. The number of carbonyl (C=O) groups excluding carboxylic acids is 2. The first-order valence-electron chi connectivity index (χ1n) is 12.5. The van der Waals surface area contributed by atoms with Gasteiger partial charge >= 0.3 is 0 Å². The maximum atomic E-state index is 14.9. The molecule has 0 bridgehead atoms. The number of amides is 2. The van der Waals surface area contributed by atoms with Crippen molar-refractivity contribution in [2.75, 3.05) is 12.4 Å². The standard InChI is InChI=1S/C29H29F3N4O4/c1-15-7-5-8-16(2)23(15)26-22(40-4)14-21(30)25(35-26)28(38)33-17(3)24(36-39)27(37)34-20-10-6-9-19(13-20)29(31,32)18-11-12-18/h5-10,13-14,18,36,39H,11-12H2,1-4H3,(H,33,38)(H,34,37)/b24-17-. The molecule has 1 aliphatic rings. The number of carbonyl (C=O) groups is 2. The lowest BCUT2D eigenvalue weighted by molar-refractivity contribution is -0.114. The van der Waals surface area contributed by atoms with Crippen molar-refractivity contribution in [3.63, 3.8) is 0 Å². The predicted octanol–water partition coefficient (Wildman–Crippen LogP) is 5.59. The van der Waals surface area contributed by atoms with Crippen LogP contribution in [0, 0.1) is 25.6 Å². The number of allylic oxidation sites excluding steroid dienone is 1. The van der Waals surface area contributed by atoms with Gasteiger partial charge in [0.2, 0.25) is 0 Å². The molecule has 11 heteroatoms. The van der Waals surface area contributed by atoms with Crippen molar-refractivity contribution >= 4 is 17.5 Å². The molecule has 1 aromatic heterocycles. The van der Waals surface area contributed by atoms with Crippen LogP contribution in [0.4, 0.5) is 18.9 Å². The third-order valence-corrected chi connectivity index (χ3v) is 6.70. The van der Waals surface area contributed by atoms with Gasteiger partial charge in [0, 0.05) is 34.5 Å². The van der Waals surface area contributed by atoms with Crippen molar-refractivity contribution in [1.29, 1.82) is 0 Å². The van der Waals surface area contributed by atoms with Crippen LogP contribution in [0.1, 0.15) is 46.9 Å². The Balaban J connectivity index is 1.59. The Morgan fingerprint density at radius 1 is 1.07 bits per heavy atom. The Kier molecular flexibility index (Phi) is 8.15. The Morgan fingerprint density at radius 2 is 1.73 bits per heavy atom. The summed E-state index contributed by atoms with van der Waals surface area (Å²) in [5.41, 5.74) is 2.91. The normalized spacial score (nSPS) is 13.8. The van der Waals surface area contributed by atoms with Gasteiger partial charge in [-0.2, -0.15) is 0 Å². The van der Waals surface area contributed by atoms with E-state index < -0.39 is 40.9 Å². The summed E-state index contributed by atoms with van der Waals surface area (Å²) in [5.74, 6) is -6.50. The number of halogens is 3. The molecule has 0 spiro atoms. The molecule has 0 radical (unpaired) electrons. The van der Waals surface area contributed by atoms with E-state index in [1.807, 2.05) is 32.0 Å². The summed E-state index contributed by atoms with van der Waals surface area (Å²) in [6.07, 6.45) is 0.860. The third kappa shape index (κ3) is 5.79. The summed E-state index contributed by atoms with van der Waals surface area (Å²) < 4.78 is 49.3. The first-order valence-corrected chi connectivity index (χ1v) is 12.5. The minimum atomic E-state index is -3.02. The summed E-state index contributed by atoms with van der Waals surface area (Å²) in [6.45, 7) is 4.99. The monoisotopic (exact) mass is 554 g/mol. The number of benzene rings is 2. The van der Waals surface area contributed by atoms with Crippen LogP contribution in [-0.2, 0) is 10.7 Å². The Morgan fingerprint density at radius 3 is 2.33 bits per heavy atom. The molecule has 1 saturated carbocycles. The van der Waals surface area contributed by atoms with Gasteiger partial charge in [-0.25, -0.2) is 18.2 Å². The van der Waals surface area contributed by atoms with E-state index in [9.17, 15) is 28.0 Å². The zero-order chi connectivity index (χ0) is 29.2. The van der Waals surface area contributed by atoms with Gasteiger partial charge < -0.3 is 15.4 Å². The van der Waals surface area contributed by atoms with Crippen LogP contribution in [-0.4, -0.2) is 29.1 Å². The van der Waals surface area contributed by atoms with Gasteiger partial charge in [-0.3, -0.25) is 20.3 Å². The van der Waals surface area contributed by atoms with E-state index in [-0.39, 0.29) is 28.4 Å². The molecule has 0 aliphatic heterocycles. The molecule has 3 aromatic rings. The number of pyridine rings is 1. The van der Waals surface area contributed by atoms with Gasteiger partial charge in [-0.05, 0) is 56.9 Å². The topological polar surface area (TPSA) is 113 Å². The minimum absolute atomic E-state index is 0.0656. The van der Waals surface area contributed by atoms with Crippen LogP contribution in [0.15, 0.2) is 59.9 Å². The molecule has 210 valence electrons. The molecule has 4 N–H and O–H groups in total. The van der Waals surface area contributed by atoms with Crippen molar-refractivity contribution < 1.29 is 32.7 Å². The highest BCUT2D eigenvalue weighted by Gasteiger charge is 2.48. The Hall–Kier alpha value is -4.38. The number of rotatable bonds is 9. The van der Waals surface area contributed by atoms with Crippen LogP contribution >= 0.6 is 0 Å². The first kappa shape index (κ1) is 28.6. The molecule has 1 aliphatic carbocycles. The van der Waals surface area contributed by atoms with E-state index in [1.165, 1.54) is 32.2 Å². The van der Waals surface area contributed by atoms with Crippen LogP contribution in [0.25, 0.3) is 11.3 Å². The van der Waals surface area contributed by atoms with Gasteiger partial charge in [-0.15, -0.1) is 0 Å². The summed E-state index contributed by atoms with van der Waals surface area (Å²) in [7, 11) is 1.36. The van der Waals surface area contributed by atoms with Crippen molar-refractivity contribution in [1.82, 2.24) is 15.8 Å². The lowest BCUT2D eigenvalue weighted by atomic mass is 9.98. The van der Waals surface area contributed by atoms with Gasteiger partial charge in [0.1, 0.15) is 17.1 Å². The van der Waals surface area contributed by atoms with Crippen LogP contribution in [0.5, 0.6) is 5.75 Å². The maximum Gasteiger partial charge on any atom is 0.277 e. The van der Waals surface area contributed by atoms with Crippen LogP contribution < -0.4 is 20.9 Å². The van der Waals surface area contributed by atoms with Crippen molar-refractivity contribution in [3.05, 3.63) is 88.1 Å². The fraction of sp³-hybridized carbons (Fsp3) is 0.276. The summed E-state index contributed by atoms with van der Waals surface area (Å²) in [5, 5.41) is 14.4. The second-order valence-electron chi connectivity index (χ2n) is 9.63. The average Bonchev–Trinajstić information content (AvgIpc) is 3.76. The fourth-order valence-corrected chi connectivity index (χ4v) is 4.43. The molecule has 0 atom stereocenters. The Bertz CT molecular complexity index is 1480. The molecule has 0 saturated heterocycles. The number of hydrogen-bond acceptors (Lipinski definition) is 6. The zero-order valence-electron chi connectivity index (χ0n) is 22.4. The van der Waals surface area contributed by atoms with Gasteiger partial charge in [0.15, 0.2) is 11.5 Å².